The number of halogens is 1. The number of methoxy groups -OCH3 is 1. The van der Waals surface area contributed by atoms with Gasteiger partial charge >= 0.3 is 0 Å². The van der Waals surface area contributed by atoms with Crippen LogP contribution < -0.4 is 14.5 Å². The van der Waals surface area contributed by atoms with Crippen molar-refractivity contribution in [1.29, 1.82) is 0 Å². The maximum Gasteiger partial charge on any atom is 0.269 e. The Hall–Kier alpha value is -2.96. The Morgan fingerprint density at radius 2 is 1.56 bits per heavy atom. The molecule has 5 nitrogen and oxygen atoms in total. The monoisotopic (exact) mass is 518 g/mol. The Morgan fingerprint density at radius 1 is 0.889 bits per heavy atom. The zero-order valence-electron chi connectivity index (χ0n) is 20.7. The van der Waals surface area contributed by atoms with Crippen LogP contribution in [0.2, 0.25) is 5.02 Å². The molecule has 3 aromatic rings. The number of carbonyl (C=O) groups is 2. The highest BCUT2D eigenvalue weighted by atomic mass is 35.5. The summed E-state index contributed by atoms with van der Waals surface area (Å²) in [4.78, 5) is 30.4. The van der Waals surface area contributed by atoms with Crippen LogP contribution in [0.25, 0.3) is 0 Å². The average Bonchev–Trinajstić information content (AvgIpc) is 3.33. The molecule has 3 aliphatic rings. The number of hydrogen-bond acceptors (Lipinski definition) is 4. The minimum Gasteiger partial charge on any atom is -0.497 e. The summed E-state index contributed by atoms with van der Waals surface area (Å²) in [6.45, 7) is 6.49. The molecule has 3 aliphatic heterocycles. The summed E-state index contributed by atoms with van der Waals surface area (Å²) in [7, 11) is 1.61. The summed E-state index contributed by atoms with van der Waals surface area (Å²) in [6, 6.07) is 21.5. The number of thioether (sulfide) groups is 1. The second-order valence-electron chi connectivity index (χ2n) is 10.5. The molecule has 0 N–H and O–H groups in total. The molecule has 1 fully saturated rings. The van der Waals surface area contributed by atoms with Crippen molar-refractivity contribution in [2.45, 2.75) is 43.0 Å². The molecule has 0 radical (unpaired) electrons. The van der Waals surface area contributed by atoms with Gasteiger partial charge in [0.25, 0.3) is 5.91 Å². The summed E-state index contributed by atoms with van der Waals surface area (Å²) in [5, 5.41) is 0.697. The number of para-hydroxylation sites is 1. The van der Waals surface area contributed by atoms with Crippen LogP contribution in [0.1, 0.15) is 43.9 Å². The van der Waals surface area contributed by atoms with Gasteiger partial charge in [-0.05, 0) is 67.8 Å². The number of benzene rings is 3. The molecule has 7 heteroatoms. The van der Waals surface area contributed by atoms with Crippen LogP contribution >= 0.6 is 23.4 Å². The first-order chi connectivity index (χ1) is 17.1. The van der Waals surface area contributed by atoms with E-state index in [2.05, 4.69) is 39.0 Å². The molecule has 2 amide bonds. The third kappa shape index (κ3) is 2.97. The number of fused-ring (bicyclic) bond motifs is 1. The summed E-state index contributed by atoms with van der Waals surface area (Å²) in [5.41, 5.74) is 3.94. The van der Waals surface area contributed by atoms with Gasteiger partial charge in [0.15, 0.2) is 0 Å². The molecule has 2 unspecified atom stereocenters. The molecule has 36 heavy (non-hydrogen) atoms. The fourth-order valence-electron chi connectivity index (χ4n) is 6.45. The molecule has 6 rings (SSSR count). The summed E-state index contributed by atoms with van der Waals surface area (Å²) in [5.74, 6) is 0.811. The van der Waals surface area contributed by atoms with Gasteiger partial charge in [-0.25, -0.2) is 0 Å². The molecule has 0 saturated carbocycles. The van der Waals surface area contributed by atoms with E-state index in [9.17, 15) is 9.59 Å². The SMILES string of the molecule is COc1ccc(N2C(=O)CSC23C(=O)N2c4c(cccc43)C(C)(c3ccc(Cl)cc3)CC2(C)C)cc1. The lowest BCUT2D eigenvalue weighted by Gasteiger charge is -2.50. The molecule has 0 aliphatic carbocycles. The lowest BCUT2D eigenvalue weighted by Crippen LogP contribution is -2.58. The van der Waals surface area contributed by atoms with Gasteiger partial charge < -0.3 is 9.64 Å². The van der Waals surface area contributed by atoms with E-state index in [1.54, 1.807) is 12.0 Å². The van der Waals surface area contributed by atoms with Crippen molar-refractivity contribution in [3.05, 3.63) is 88.4 Å². The second-order valence-corrected chi connectivity index (χ2v) is 12.1. The van der Waals surface area contributed by atoms with Crippen LogP contribution in [0.4, 0.5) is 11.4 Å². The first kappa shape index (κ1) is 23.4. The zero-order chi connectivity index (χ0) is 25.5. The largest absolute Gasteiger partial charge is 0.497 e. The maximum atomic E-state index is 14.5. The van der Waals surface area contributed by atoms with E-state index in [1.807, 2.05) is 53.4 Å². The van der Waals surface area contributed by atoms with Gasteiger partial charge in [-0.3, -0.25) is 14.5 Å². The van der Waals surface area contributed by atoms with Crippen LogP contribution in [0.5, 0.6) is 5.75 Å². The Kier molecular flexibility index (Phi) is 5.06. The molecule has 3 heterocycles. The van der Waals surface area contributed by atoms with Gasteiger partial charge in [0.2, 0.25) is 10.8 Å². The van der Waals surface area contributed by atoms with Crippen LogP contribution in [-0.2, 0) is 19.9 Å². The van der Waals surface area contributed by atoms with Crippen LogP contribution in [-0.4, -0.2) is 30.2 Å². The first-order valence-corrected chi connectivity index (χ1v) is 13.4. The van der Waals surface area contributed by atoms with Crippen molar-refractivity contribution in [3.63, 3.8) is 0 Å². The number of ether oxygens (including phenoxy) is 1. The van der Waals surface area contributed by atoms with Gasteiger partial charge in [-0.1, -0.05) is 48.9 Å². The zero-order valence-corrected chi connectivity index (χ0v) is 22.2. The molecule has 0 bridgehead atoms. The minimum atomic E-state index is -1.14. The highest BCUT2D eigenvalue weighted by Crippen LogP contribution is 2.62. The maximum absolute atomic E-state index is 14.5. The van der Waals surface area contributed by atoms with Crippen LogP contribution in [0, 0.1) is 0 Å². The van der Waals surface area contributed by atoms with Crippen LogP contribution in [0.15, 0.2) is 66.7 Å². The van der Waals surface area contributed by atoms with Crippen LogP contribution in [0.3, 0.4) is 0 Å². The third-order valence-electron chi connectivity index (χ3n) is 7.88. The predicted molar refractivity (Wildman–Crippen MR) is 145 cm³/mol. The summed E-state index contributed by atoms with van der Waals surface area (Å²) < 4.78 is 5.32. The molecular weight excluding hydrogens is 492 g/mol. The Labute approximate surface area is 220 Å². The Morgan fingerprint density at radius 3 is 2.22 bits per heavy atom. The van der Waals surface area contributed by atoms with Crippen molar-refractivity contribution in [1.82, 2.24) is 0 Å². The highest BCUT2D eigenvalue weighted by Gasteiger charge is 2.65. The average molecular weight is 519 g/mol. The molecule has 3 aromatic carbocycles. The number of nitrogens with zero attached hydrogens (tertiary/aromatic N) is 2. The Bertz CT molecular complexity index is 1410. The molecule has 0 aromatic heterocycles. The van der Waals surface area contributed by atoms with E-state index >= 15 is 0 Å². The summed E-state index contributed by atoms with van der Waals surface area (Å²) >= 11 is 7.63. The fourth-order valence-corrected chi connectivity index (χ4v) is 7.91. The highest BCUT2D eigenvalue weighted by molar-refractivity contribution is 8.02. The molecule has 1 saturated heterocycles. The van der Waals surface area contributed by atoms with E-state index in [0.29, 0.717) is 16.5 Å². The number of carbonyl (C=O) groups excluding carboxylic acids is 2. The molecular formula is C29H27ClN2O3S. The van der Waals surface area contributed by atoms with Crippen molar-refractivity contribution >= 4 is 46.6 Å². The van der Waals surface area contributed by atoms with E-state index in [0.717, 1.165) is 28.8 Å². The molecule has 184 valence electrons. The minimum absolute atomic E-state index is 0.0558. The first-order valence-electron chi connectivity index (χ1n) is 12.0. The molecule has 1 spiro atoms. The lowest BCUT2D eigenvalue weighted by atomic mass is 9.65. The summed E-state index contributed by atoms with van der Waals surface area (Å²) in [6.07, 6.45) is 0.737. The number of rotatable bonds is 3. The van der Waals surface area contributed by atoms with Crippen molar-refractivity contribution < 1.29 is 14.3 Å². The predicted octanol–water partition coefficient (Wildman–Crippen LogP) is 6.12. The van der Waals surface area contributed by atoms with E-state index in [-0.39, 0.29) is 23.0 Å². The van der Waals surface area contributed by atoms with Crippen molar-refractivity contribution in [2.24, 2.45) is 0 Å². The molecule has 2 atom stereocenters. The topological polar surface area (TPSA) is 49.9 Å². The fraction of sp³-hybridized carbons (Fsp3) is 0.310. The number of amides is 2. The van der Waals surface area contributed by atoms with E-state index in [4.69, 9.17) is 16.3 Å². The van der Waals surface area contributed by atoms with Gasteiger partial charge in [0.1, 0.15) is 5.75 Å². The third-order valence-corrected chi connectivity index (χ3v) is 9.52. The van der Waals surface area contributed by atoms with Gasteiger partial charge in [0.05, 0.1) is 18.6 Å². The van der Waals surface area contributed by atoms with Crippen molar-refractivity contribution in [3.8, 4) is 5.75 Å². The number of anilines is 2. The van der Waals surface area contributed by atoms with Gasteiger partial charge in [0, 0.05) is 27.2 Å². The van der Waals surface area contributed by atoms with Gasteiger partial charge in [-0.2, -0.15) is 0 Å². The van der Waals surface area contributed by atoms with Gasteiger partial charge in [-0.15, -0.1) is 11.8 Å². The number of hydrogen-bond donors (Lipinski definition) is 0. The second kappa shape index (κ2) is 7.77. The quantitative estimate of drug-likeness (QED) is 0.419. The lowest BCUT2D eigenvalue weighted by molar-refractivity contribution is -0.124. The van der Waals surface area contributed by atoms with E-state index in [1.165, 1.54) is 11.8 Å². The Balaban J connectivity index is 1.59. The standard InChI is InChI=1S/C29H27ClN2O3S/c1-27(2)17-28(3,18-8-10-19(30)11-9-18)22-6-5-7-23-25(22)32(27)26(34)29(23)31(24(33)16-36-29)20-12-14-21(35-4)15-13-20/h5-15H,16-17H2,1-4H3. The smallest absolute Gasteiger partial charge is 0.269 e. The van der Waals surface area contributed by atoms with Crippen molar-refractivity contribution in [2.75, 3.05) is 22.7 Å². The van der Waals surface area contributed by atoms with E-state index < -0.39 is 10.4 Å². The normalized spacial score (nSPS) is 26.0.